The summed E-state index contributed by atoms with van der Waals surface area (Å²) in [5.41, 5.74) is 27.1. The van der Waals surface area contributed by atoms with Crippen LogP contribution in [0.15, 0.2) is 29.3 Å². The molecular weight excluding hydrogens is 734 g/mol. The molecule has 0 aliphatic heterocycles. The molecule has 0 spiro atoms. The number of phenolic OH excluding ortho intramolecular Hbond substituents is 1. The number of nitrogens with one attached hydrogen (secondary N) is 5. The Balaban J connectivity index is 3.28. The highest BCUT2D eigenvalue weighted by Gasteiger charge is 2.35. The molecule has 0 bridgehead atoms. The number of aliphatic carboxylic acids is 2. The summed E-state index contributed by atoms with van der Waals surface area (Å²) in [6.45, 7) is 1.18. The number of benzene rings is 1. The third-order valence-corrected chi connectivity index (χ3v) is 7.45. The van der Waals surface area contributed by atoms with Crippen molar-refractivity contribution in [1.82, 2.24) is 26.6 Å². The van der Waals surface area contributed by atoms with Crippen molar-refractivity contribution in [3.05, 3.63) is 29.8 Å². The van der Waals surface area contributed by atoms with Crippen molar-refractivity contribution in [1.29, 1.82) is 0 Å². The number of aliphatic hydroxyl groups is 1. The number of hydrogen-bond donors (Lipinski definition) is 14. The van der Waals surface area contributed by atoms with E-state index in [0.29, 0.717) is 5.56 Å². The molecule has 0 fully saturated rings. The van der Waals surface area contributed by atoms with Crippen LogP contribution in [-0.2, 0) is 49.6 Å². The summed E-state index contributed by atoms with van der Waals surface area (Å²) in [6.07, 6.45) is -4.53. The second-order valence-corrected chi connectivity index (χ2v) is 12.2. The van der Waals surface area contributed by atoms with E-state index in [0.717, 1.165) is 6.92 Å². The first-order chi connectivity index (χ1) is 25.6. The Labute approximate surface area is 313 Å². The normalized spacial score (nSPS) is 14.5. The van der Waals surface area contributed by atoms with Crippen molar-refractivity contribution in [2.24, 2.45) is 33.7 Å². The lowest BCUT2D eigenvalue weighted by molar-refractivity contribution is -0.147. The molecule has 19 N–H and O–H groups in total. The van der Waals surface area contributed by atoms with Gasteiger partial charge in [0.2, 0.25) is 41.4 Å². The molecule has 1 rings (SSSR count). The molecule has 1 aromatic rings. The van der Waals surface area contributed by atoms with Crippen LogP contribution < -0.4 is 55.3 Å². The third-order valence-electron chi connectivity index (χ3n) is 7.45. The number of carbonyl (C=O) groups excluding carboxylic acids is 7. The van der Waals surface area contributed by atoms with E-state index in [1.807, 2.05) is 5.32 Å². The Hall–Kier alpha value is -6.56. The van der Waals surface area contributed by atoms with Gasteiger partial charge in [-0.25, -0.2) is 4.79 Å². The Morgan fingerprint density at radius 3 is 1.62 bits per heavy atom. The van der Waals surface area contributed by atoms with E-state index >= 15 is 0 Å². The highest BCUT2D eigenvalue weighted by atomic mass is 16.4. The number of guanidine groups is 1. The number of aliphatic hydroxyl groups excluding tert-OH is 1. The van der Waals surface area contributed by atoms with Gasteiger partial charge in [0.15, 0.2) is 5.96 Å². The minimum atomic E-state index is -1.93. The maximum Gasteiger partial charge on any atom is 0.326 e. The van der Waals surface area contributed by atoms with Crippen LogP contribution in [0.1, 0.15) is 44.6 Å². The van der Waals surface area contributed by atoms with Gasteiger partial charge in [-0.2, -0.15) is 0 Å². The lowest BCUT2D eigenvalue weighted by atomic mass is 10.0. The number of carboxylic acids is 2. The number of aromatic hydroxyl groups is 1. The predicted octanol–water partition coefficient (Wildman–Crippen LogP) is -6.57. The van der Waals surface area contributed by atoms with E-state index in [1.54, 1.807) is 0 Å². The summed E-state index contributed by atoms with van der Waals surface area (Å²) in [6, 6.07) is -5.13. The van der Waals surface area contributed by atoms with Gasteiger partial charge >= 0.3 is 11.9 Å². The highest BCUT2D eigenvalue weighted by Crippen LogP contribution is 2.12. The Morgan fingerprint density at radius 1 is 0.673 bits per heavy atom. The molecule has 0 radical (unpaired) electrons. The number of primary amides is 2. The Kier molecular flexibility index (Phi) is 19.0. The fraction of sp³-hybridized carbons (Fsp3) is 0.484. The number of nitrogens with two attached hydrogens (primary N) is 5. The van der Waals surface area contributed by atoms with Gasteiger partial charge in [-0.3, -0.25) is 43.3 Å². The van der Waals surface area contributed by atoms with Crippen LogP contribution in [0.3, 0.4) is 0 Å². The van der Waals surface area contributed by atoms with Gasteiger partial charge in [-0.1, -0.05) is 12.1 Å². The van der Waals surface area contributed by atoms with E-state index in [2.05, 4.69) is 26.3 Å². The van der Waals surface area contributed by atoms with Crippen LogP contribution in [-0.4, -0.2) is 129 Å². The minimum Gasteiger partial charge on any atom is -0.508 e. The van der Waals surface area contributed by atoms with Gasteiger partial charge < -0.3 is 75.7 Å². The first kappa shape index (κ1) is 46.5. The first-order valence-electron chi connectivity index (χ1n) is 16.4. The van der Waals surface area contributed by atoms with Crippen LogP contribution in [0, 0.1) is 0 Å². The lowest BCUT2D eigenvalue weighted by Gasteiger charge is -2.28. The Bertz CT molecular complexity index is 1600. The second kappa shape index (κ2) is 22.5. The van der Waals surface area contributed by atoms with Crippen LogP contribution in [0.4, 0.5) is 0 Å². The van der Waals surface area contributed by atoms with Crippen molar-refractivity contribution in [3.63, 3.8) is 0 Å². The van der Waals surface area contributed by atoms with Gasteiger partial charge in [-0.05, 0) is 37.5 Å². The minimum absolute atomic E-state index is 0.0446. The molecule has 0 aliphatic carbocycles. The summed E-state index contributed by atoms with van der Waals surface area (Å²) in [5.74, 6) is -11.6. The zero-order valence-electron chi connectivity index (χ0n) is 29.6. The third kappa shape index (κ3) is 17.7. The summed E-state index contributed by atoms with van der Waals surface area (Å²) < 4.78 is 0. The first-order valence-corrected chi connectivity index (χ1v) is 16.4. The van der Waals surface area contributed by atoms with Gasteiger partial charge in [0, 0.05) is 13.0 Å². The number of amides is 7. The molecule has 0 saturated carbocycles. The zero-order valence-corrected chi connectivity index (χ0v) is 29.6. The maximum atomic E-state index is 13.5. The molecule has 0 saturated heterocycles. The number of carbonyl (C=O) groups is 9. The van der Waals surface area contributed by atoms with Crippen LogP contribution in [0.5, 0.6) is 5.75 Å². The van der Waals surface area contributed by atoms with E-state index in [-0.39, 0.29) is 37.5 Å². The zero-order chi connectivity index (χ0) is 42.0. The van der Waals surface area contributed by atoms with Crippen LogP contribution >= 0.6 is 0 Å². The van der Waals surface area contributed by atoms with E-state index < -0.39 is 115 Å². The molecule has 304 valence electrons. The highest BCUT2D eigenvalue weighted by molar-refractivity contribution is 5.99. The average Bonchev–Trinajstić information content (AvgIpc) is 3.07. The topological polar surface area (TPSA) is 437 Å². The molecule has 0 aromatic heterocycles. The largest absolute Gasteiger partial charge is 0.508 e. The standard InChI is InChI=1S/C31H47N11O13/c1-13(43)24(29(53)40-17(9-14-4-6-15(44)7-5-14)26(50)41-20(30(54)55)12-23(47)48)42-28(52)19(11-22(34)46)39-27(51)18(10-21(33)45)38-25(49)16(32)3-2-8-37-31(35)36/h4-7,13,16-20,24,43-44H,2-3,8-12,32H2,1H3,(H2,33,45)(H2,34,46)(H,38,49)(H,39,51)(H,40,53)(H,41,50)(H,42,52)(H,47,48)(H,54,55)(H4,35,36,37)/t13-,16+,17+,18+,19+,20+,24+/m1/s1. The van der Waals surface area contributed by atoms with Crippen LogP contribution in [0.25, 0.3) is 0 Å². The van der Waals surface area contributed by atoms with E-state index in [4.69, 9.17) is 33.8 Å². The van der Waals surface area contributed by atoms with Gasteiger partial charge in [0.05, 0.1) is 31.4 Å². The second-order valence-electron chi connectivity index (χ2n) is 12.2. The van der Waals surface area contributed by atoms with E-state index in [9.17, 15) is 58.5 Å². The van der Waals surface area contributed by atoms with Crippen molar-refractivity contribution < 1.29 is 63.6 Å². The summed E-state index contributed by atoms with van der Waals surface area (Å²) in [4.78, 5) is 116. The molecule has 1 aromatic carbocycles. The number of rotatable bonds is 24. The molecule has 0 unspecified atom stereocenters. The number of phenols is 1. The molecular formula is C31H47N11O13. The SMILES string of the molecule is C[C@@H](O)[C@H](NC(=O)[C@H](CC(N)=O)NC(=O)[C@H](CC(N)=O)NC(=O)[C@@H](N)CCCN=C(N)N)C(=O)N[C@@H](Cc1ccc(O)cc1)C(=O)N[C@@H](CC(=O)O)C(=O)O. The maximum absolute atomic E-state index is 13.5. The van der Waals surface area contributed by atoms with Gasteiger partial charge in [0.1, 0.15) is 36.0 Å². The summed E-state index contributed by atoms with van der Waals surface area (Å²) in [7, 11) is 0. The quantitative estimate of drug-likeness (QED) is 0.0263. The van der Waals surface area contributed by atoms with Gasteiger partial charge in [-0.15, -0.1) is 0 Å². The molecule has 0 aliphatic rings. The molecule has 24 nitrogen and oxygen atoms in total. The smallest absolute Gasteiger partial charge is 0.326 e. The van der Waals surface area contributed by atoms with Crippen molar-refractivity contribution >= 4 is 59.2 Å². The lowest BCUT2D eigenvalue weighted by Crippen LogP contribution is -2.62. The molecule has 7 atom stereocenters. The number of aliphatic imine (C=N–C) groups is 1. The summed E-state index contributed by atoms with van der Waals surface area (Å²) >= 11 is 0. The molecule has 55 heavy (non-hydrogen) atoms. The number of carboxylic acid groups (broad SMARTS) is 2. The number of hydrogen-bond acceptors (Lipinski definition) is 13. The fourth-order valence-electron chi connectivity index (χ4n) is 4.67. The van der Waals surface area contributed by atoms with Crippen LogP contribution in [0.2, 0.25) is 0 Å². The monoisotopic (exact) mass is 781 g/mol. The summed E-state index contributed by atoms with van der Waals surface area (Å²) in [5, 5.41) is 49.2. The average molecular weight is 782 g/mol. The van der Waals surface area contributed by atoms with Crippen molar-refractivity contribution in [3.8, 4) is 5.75 Å². The predicted molar refractivity (Wildman–Crippen MR) is 189 cm³/mol. The van der Waals surface area contributed by atoms with E-state index in [1.165, 1.54) is 24.3 Å². The Morgan fingerprint density at radius 2 is 1.15 bits per heavy atom. The van der Waals surface area contributed by atoms with Crippen molar-refractivity contribution in [2.75, 3.05) is 6.54 Å². The van der Waals surface area contributed by atoms with Gasteiger partial charge in [0.25, 0.3) is 0 Å². The fourth-order valence-corrected chi connectivity index (χ4v) is 4.67. The molecule has 7 amide bonds. The molecule has 24 heteroatoms. The number of nitrogens with zero attached hydrogens (tertiary/aromatic N) is 1. The van der Waals surface area contributed by atoms with Crippen molar-refractivity contribution in [2.45, 2.75) is 87.8 Å². The molecule has 0 heterocycles.